The van der Waals surface area contributed by atoms with Crippen molar-refractivity contribution in [2.45, 2.75) is 6.92 Å². The maximum absolute atomic E-state index is 11.6. The number of amides is 3. The molecule has 0 atom stereocenters. The minimum atomic E-state index is -0.775. The summed E-state index contributed by atoms with van der Waals surface area (Å²) in [5.41, 5.74) is 0. The highest BCUT2D eigenvalue weighted by atomic mass is 16.2. The molecule has 1 aliphatic rings. The minimum absolute atomic E-state index is 0.0361. The summed E-state index contributed by atoms with van der Waals surface area (Å²) in [6.07, 6.45) is 0. The van der Waals surface area contributed by atoms with E-state index >= 15 is 0 Å². The second kappa shape index (κ2) is 5.84. The van der Waals surface area contributed by atoms with Gasteiger partial charge in [-0.25, -0.2) is 0 Å². The molecular weight excluding hydrogens is 224 g/mol. The molecule has 7 nitrogen and oxygen atoms in total. The maximum atomic E-state index is 11.6. The standard InChI is InChI=1S/C10H14N4O3/c1-8(15)13-4-6-14(7-5-13)10(17)9(16)12-3-2-11/h3-7H2,1H3,(H,12,16). The number of carbonyl (C=O) groups is 3. The second-order valence-electron chi connectivity index (χ2n) is 3.64. The van der Waals surface area contributed by atoms with Gasteiger partial charge in [0.1, 0.15) is 6.54 Å². The Balaban J connectivity index is 2.43. The van der Waals surface area contributed by atoms with E-state index in [4.69, 9.17) is 5.26 Å². The van der Waals surface area contributed by atoms with Crippen LogP contribution in [0.15, 0.2) is 0 Å². The average Bonchev–Trinajstić information content (AvgIpc) is 2.35. The van der Waals surface area contributed by atoms with E-state index in [1.165, 1.54) is 11.8 Å². The van der Waals surface area contributed by atoms with Gasteiger partial charge in [-0.1, -0.05) is 0 Å². The quantitative estimate of drug-likeness (QED) is 0.436. The molecule has 1 saturated heterocycles. The van der Waals surface area contributed by atoms with E-state index in [1.54, 1.807) is 11.0 Å². The fourth-order valence-corrected chi connectivity index (χ4v) is 1.56. The molecule has 1 heterocycles. The fraction of sp³-hybridized carbons (Fsp3) is 0.600. The highest BCUT2D eigenvalue weighted by Gasteiger charge is 2.26. The Hall–Kier alpha value is -2.10. The van der Waals surface area contributed by atoms with Gasteiger partial charge in [0.05, 0.1) is 6.07 Å². The Morgan fingerprint density at radius 1 is 1.18 bits per heavy atom. The summed E-state index contributed by atoms with van der Waals surface area (Å²) in [5.74, 6) is -1.46. The topological polar surface area (TPSA) is 93.5 Å². The first-order chi connectivity index (χ1) is 8.06. The van der Waals surface area contributed by atoms with Crippen molar-refractivity contribution in [2.75, 3.05) is 32.7 Å². The van der Waals surface area contributed by atoms with E-state index in [2.05, 4.69) is 5.32 Å². The Morgan fingerprint density at radius 2 is 1.71 bits per heavy atom. The molecule has 1 aliphatic heterocycles. The van der Waals surface area contributed by atoms with E-state index in [0.717, 1.165) is 0 Å². The maximum Gasteiger partial charge on any atom is 0.312 e. The molecule has 0 unspecified atom stereocenters. The third-order valence-corrected chi connectivity index (χ3v) is 2.53. The van der Waals surface area contributed by atoms with E-state index in [0.29, 0.717) is 26.2 Å². The number of nitrogens with one attached hydrogen (secondary N) is 1. The van der Waals surface area contributed by atoms with Gasteiger partial charge in [0.2, 0.25) is 5.91 Å². The molecule has 7 heteroatoms. The van der Waals surface area contributed by atoms with Gasteiger partial charge >= 0.3 is 11.8 Å². The third-order valence-electron chi connectivity index (χ3n) is 2.53. The lowest BCUT2D eigenvalue weighted by atomic mass is 10.3. The van der Waals surface area contributed by atoms with E-state index in [-0.39, 0.29) is 12.5 Å². The molecule has 17 heavy (non-hydrogen) atoms. The summed E-state index contributed by atoms with van der Waals surface area (Å²) >= 11 is 0. The number of hydrogen-bond donors (Lipinski definition) is 1. The van der Waals surface area contributed by atoms with Gasteiger partial charge in [0.15, 0.2) is 0 Å². The molecule has 0 saturated carbocycles. The van der Waals surface area contributed by atoms with Crippen LogP contribution in [0.25, 0.3) is 0 Å². The van der Waals surface area contributed by atoms with Crippen LogP contribution in [0.4, 0.5) is 0 Å². The zero-order chi connectivity index (χ0) is 12.8. The lowest BCUT2D eigenvalue weighted by molar-refractivity contribution is -0.148. The summed E-state index contributed by atoms with van der Waals surface area (Å²) in [6, 6.07) is 1.72. The first-order valence-electron chi connectivity index (χ1n) is 5.26. The number of carbonyl (C=O) groups excluding carboxylic acids is 3. The van der Waals surface area contributed by atoms with Crippen LogP contribution in [0.2, 0.25) is 0 Å². The predicted octanol–water partition coefficient (Wildman–Crippen LogP) is -1.68. The van der Waals surface area contributed by atoms with Crippen LogP contribution < -0.4 is 5.32 Å². The zero-order valence-corrected chi connectivity index (χ0v) is 9.60. The lowest BCUT2D eigenvalue weighted by Crippen LogP contribution is -2.53. The first-order valence-corrected chi connectivity index (χ1v) is 5.26. The van der Waals surface area contributed by atoms with Crippen molar-refractivity contribution >= 4 is 17.7 Å². The van der Waals surface area contributed by atoms with Crippen LogP contribution >= 0.6 is 0 Å². The summed E-state index contributed by atoms with van der Waals surface area (Å²) in [6.45, 7) is 2.85. The number of piperazine rings is 1. The Kier molecular flexibility index (Phi) is 4.46. The third kappa shape index (κ3) is 3.45. The second-order valence-corrected chi connectivity index (χ2v) is 3.64. The lowest BCUT2D eigenvalue weighted by Gasteiger charge is -2.33. The number of rotatable bonds is 1. The van der Waals surface area contributed by atoms with Crippen LogP contribution in [-0.4, -0.2) is 60.2 Å². The van der Waals surface area contributed by atoms with Crippen molar-refractivity contribution < 1.29 is 14.4 Å². The largest absolute Gasteiger partial charge is 0.339 e. The summed E-state index contributed by atoms with van der Waals surface area (Å²) in [4.78, 5) is 36.9. The van der Waals surface area contributed by atoms with E-state index in [9.17, 15) is 14.4 Å². The average molecular weight is 238 g/mol. The summed E-state index contributed by atoms with van der Waals surface area (Å²) in [7, 11) is 0. The normalized spacial score (nSPS) is 15.1. The highest BCUT2D eigenvalue weighted by Crippen LogP contribution is 2.02. The minimum Gasteiger partial charge on any atom is -0.339 e. The molecule has 0 spiro atoms. The molecule has 0 aromatic carbocycles. The van der Waals surface area contributed by atoms with Crippen LogP contribution in [0.5, 0.6) is 0 Å². The van der Waals surface area contributed by atoms with Crippen molar-refractivity contribution in [3.63, 3.8) is 0 Å². The van der Waals surface area contributed by atoms with Gasteiger partial charge in [0, 0.05) is 33.1 Å². The van der Waals surface area contributed by atoms with Crippen LogP contribution in [0.1, 0.15) is 6.92 Å². The Morgan fingerprint density at radius 3 is 2.18 bits per heavy atom. The SMILES string of the molecule is CC(=O)N1CCN(C(=O)C(=O)NCC#N)CC1. The van der Waals surface area contributed by atoms with Crippen molar-refractivity contribution in [1.29, 1.82) is 5.26 Å². The van der Waals surface area contributed by atoms with Gasteiger partial charge in [-0.05, 0) is 0 Å². The number of nitriles is 1. The highest BCUT2D eigenvalue weighted by molar-refractivity contribution is 6.35. The van der Waals surface area contributed by atoms with Crippen molar-refractivity contribution in [3.05, 3.63) is 0 Å². The molecule has 3 amide bonds. The molecule has 92 valence electrons. The van der Waals surface area contributed by atoms with Crippen molar-refractivity contribution in [2.24, 2.45) is 0 Å². The zero-order valence-electron chi connectivity index (χ0n) is 9.60. The van der Waals surface area contributed by atoms with Crippen LogP contribution in [-0.2, 0) is 14.4 Å². The molecular formula is C10H14N4O3. The van der Waals surface area contributed by atoms with Crippen LogP contribution in [0.3, 0.4) is 0 Å². The van der Waals surface area contributed by atoms with Gasteiger partial charge < -0.3 is 15.1 Å². The molecule has 1 N–H and O–H groups in total. The van der Waals surface area contributed by atoms with Gasteiger partial charge in [-0.15, -0.1) is 0 Å². The first kappa shape index (κ1) is 13.0. The Bertz CT molecular complexity index is 366. The van der Waals surface area contributed by atoms with Gasteiger partial charge in [-0.2, -0.15) is 5.26 Å². The molecule has 0 aromatic rings. The van der Waals surface area contributed by atoms with Crippen molar-refractivity contribution in [3.8, 4) is 6.07 Å². The van der Waals surface area contributed by atoms with E-state index in [1.807, 2.05) is 0 Å². The smallest absolute Gasteiger partial charge is 0.312 e. The monoisotopic (exact) mass is 238 g/mol. The van der Waals surface area contributed by atoms with Gasteiger partial charge in [0.25, 0.3) is 0 Å². The molecule has 0 radical (unpaired) electrons. The molecule has 1 fully saturated rings. The fourth-order valence-electron chi connectivity index (χ4n) is 1.56. The molecule has 0 bridgehead atoms. The molecule has 1 rings (SSSR count). The number of hydrogen-bond acceptors (Lipinski definition) is 4. The van der Waals surface area contributed by atoms with E-state index < -0.39 is 11.8 Å². The summed E-state index contributed by atoms with van der Waals surface area (Å²) in [5, 5.41) is 10.5. The molecule has 0 aromatic heterocycles. The van der Waals surface area contributed by atoms with Gasteiger partial charge in [-0.3, -0.25) is 14.4 Å². The Labute approximate surface area is 99.0 Å². The van der Waals surface area contributed by atoms with Crippen LogP contribution in [0, 0.1) is 11.3 Å². The molecule has 0 aliphatic carbocycles. The number of nitrogens with zero attached hydrogens (tertiary/aromatic N) is 3. The van der Waals surface area contributed by atoms with Crippen molar-refractivity contribution in [1.82, 2.24) is 15.1 Å². The summed E-state index contributed by atoms with van der Waals surface area (Å²) < 4.78 is 0. The predicted molar refractivity (Wildman–Crippen MR) is 57.5 cm³/mol.